The van der Waals surface area contributed by atoms with Crippen LogP contribution in [-0.4, -0.2) is 54.2 Å². The highest BCUT2D eigenvalue weighted by Gasteiger charge is 2.46. The minimum atomic E-state index is -1.01. The van der Waals surface area contributed by atoms with Gasteiger partial charge in [-0.3, -0.25) is 9.59 Å². The summed E-state index contributed by atoms with van der Waals surface area (Å²) in [7, 11) is 2.83. The van der Waals surface area contributed by atoms with Gasteiger partial charge in [0.15, 0.2) is 11.5 Å². The normalized spacial score (nSPS) is 16.5. The number of amides is 1. The van der Waals surface area contributed by atoms with E-state index in [0.717, 1.165) is 5.56 Å². The van der Waals surface area contributed by atoms with Gasteiger partial charge >= 0.3 is 0 Å². The van der Waals surface area contributed by atoms with Crippen molar-refractivity contribution >= 4 is 17.4 Å². The summed E-state index contributed by atoms with van der Waals surface area (Å²) in [6.45, 7) is 2.14. The smallest absolute Gasteiger partial charge is 0.295 e. The Balaban J connectivity index is 1.88. The fourth-order valence-corrected chi connectivity index (χ4v) is 4.55. The Hall–Kier alpha value is -4.53. The number of likely N-dealkylation sites (tertiary alicyclic amines) is 1. The molecule has 0 radical (unpaired) electrons. The van der Waals surface area contributed by atoms with Gasteiger partial charge in [-0.05, 0) is 60.9 Å². The molecular formula is C29H28FNO7. The van der Waals surface area contributed by atoms with Gasteiger partial charge in [0.1, 0.15) is 28.6 Å². The molecule has 0 aliphatic carbocycles. The van der Waals surface area contributed by atoms with Crippen LogP contribution in [0.1, 0.15) is 29.7 Å². The largest absolute Gasteiger partial charge is 0.506 e. The molecule has 3 aromatic rings. The average molecular weight is 522 g/mol. The van der Waals surface area contributed by atoms with Gasteiger partial charge in [-0.25, -0.2) is 4.39 Å². The standard InChI is InChI=1S/C29H28FNO7/c1-4-38-23-16-18(10-13-20(23)32)26-25(27(33)24-21(36-2)6-5-7-22(24)37-3)28(34)29(35)31(26)15-14-17-8-11-19(30)12-9-17/h5-13,16,26,32-33H,4,14-15H2,1-3H3/b27-25+. The highest BCUT2D eigenvalue weighted by Crippen LogP contribution is 2.44. The summed E-state index contributed by atoms with van der Waals surface area (Å²) in [5.74, 6) is -1.97. The van der Waals surface area contributed by atoms with Gasteiger partial charge in [0.05, 0.1) is 32.4 Å². The van der Waals surface area contributed by atoms with Crippen molar-refractivity contribution in [3.05, 3.63) is 88.7 Å². The van der Waals surface area contributed by atoms with Crippen LogP contribution in [0.4, 0.5) is 4.39 Å². The molecule has 1 unspecified atom stereocenters. The lowest BCUT2D eigenvalue weighted by Gasteiger charge is -2.26. The van der Waals surface area contributed by atoms with Crippen LogP contribution in [0.15, 0.2) is 66.2 Å². The van der Waals surface area contributed by atoms with Gasteiger partial charge in [0.2, 0.25) is 0 Å². The Bertz CT molecular complexity index is 1360. The number of hydrogen-bond donors (Lipinski definition) is 2. The number of aromatic hydroxyl groups is 1. The quantitative estimate of drug-likeness (QED) is 0.241. The molecule has 38 heavy (non-hydrogen) atoms. The number of benzene rings is 3. The summed E-state index contributed by atoms with van der Waals surface area (Å²) >= 11 is 0. The van der Waals surface area contributed by atoms with E-state index in [1.165, 1.54) is 43.4 Å². The Morgan fingerprint density at radius 2 is 1.63 bits per heavy atom. The Morgan fingerprint density at radius 3 is 2.24 bits per heavy atom. The number of aliphatic hydroxyl groups is 1. The molecule has 1 amide bonds. The van der Waals surface area contributed by atoms with Crippen molar-refractivity contribution in [2.24, 2.45) is 0 Å². The minimum Gasteiger partial charge on any atom is -0.506 e. The van der Waals surface area contributed by atoms with E-state index in [2.05, 4.69) is 0 Å². The number of ketones is 1. The number of nitrogens with zero attached hydrogens (tertiary/aromatic N) is 1. The van der Waals surface area contributed by atoms with Gasteiger partial charge in [-0.2, -0.15) is 0 Å². The number of rotatable bonds is 9. The number of Topliss-reactive ketones (excluding diaryl/α,β-unsaturated/α-hetero) is 1. The zero-order chi connectivity index (χ0) is 27.4. The molecule has 3 aromatic carbocycles. The first-order valence-electron chi connectivity index (χ1n) is 12.0. The van der Waals surface area contributed by atoms with Crippen molar-refractivity contribution < 1.29 is 38.4 Å². The first kappa shape index (κ1) is 26.5. The predicted molar refractivity (Wildman–Crippen MR) is 138 cm³/mol. The van der Waals surface area contributed by atoms with Crippen molar-refractivity contribution in [1.82, 2.24) is 4.90 Å². The number of carbonyl (C=O) groups is 2. The molecule has 4 rings (SSSR count). The molecule has 0 bridgehead atoms. The molecule has 1 heterocycles. The zero-order valence-electron chi connectivity index (χ0n) is 21.2. The summed E-state index contributed by atoms with van der Waals surface area (Å²) in [4.78, 5) is 28.1. The molecule has 1 saturated heterocycles. The van der Waals surface area contributed by atoms with E-state index < -0.39 is 23.5 Å². The third-order valence-electron chi connectivity index (χ3n) is 6.36. The summed E-state index contributed by atoms with van der Waals surface area (Å²) < 4.78 is 29.7. The molecule has 8 nitrogen and oxygen atoms in total. The number of hydrogen-bond acceptors (Lipinski definition) is 7. The second-order valence-electron chi connectivity index (χ2n) is 8.57. The molecule has 0 aromatic heterocycles. The van der Waals surface area contributed by atoms with Crippen molar-refractivity contribution in [3.63, 3.8) is 0 Å². The van der Waals surface area contributed by atoms with E-state index in [1.807, 2.05) is 0 Å². The van der Waals surface area contributed by atoms with E-state index in [0.29, 0.717) is 12.0 Å². The fraction of sp³-hybridized carbons (Fsp3) is 0.241. The van der Waals surface area contributed by atoms with Gasteiger partial charge in [0.25, 0.3) is 11.7 Å². The average Bonchev–Trinajstić information content (AvgIpc) is 3.18. The molecule has 0 saturated carbocycles. The topological polar surface area (TPSA) is 106 Å². The monoisotopic (exact) mass is 521 g/mol. The van der Waals surface area contributed by atoms with E-state index in [4.69, 9.17) is 14.2 Å². The third kappa shape index (κ3) is 5.00. The minimum absolute atomic E-state index is 0.103. The van der Waals surface area contributed by atoms with Crippen LogP contribution in [0.25, 0.3) is 5.76 Å². The molecule has 1 fully saturated rings. The number of methoxy groups -OCH3 is 2. The second kappa shape index (κ2) is 11.2. The Kier molecular flexibility index (Phi) is 7.85. The molecule has 0 spiro atoms. The van der Waals surface area contributed by atoms with Crippen molar-refractivity contribution in [2.75, 3.05) is 27.4 Å². The Morgan fingerprint density at radius 1 is 0.974 bits per heavy atom. The van der Waals surface area contributed by atoms with E-state index in [1.54, 1.807) is 43.3 Å². The maximum Gasteiger partial charge on any atom is 0.295 e. The van der Waals surface area contributed by atoms with Crippen LogP contribution in [0.5, 0.6) is 23.0 Å². The van der Waals surface area contributed by atoms with Crippen molar-refractivity contribution in [1.29, 1.82) is 0 Å². The number of carbonyl (C=O) groups excluding carboxylic acids is 2. The number of ether oxygens (including phenoxy) is 3. The van der Waals surface area contributed by atoms with Gasteiger partial charge in [-0.15, -0.1) is 0 Å². The van der Waals surface area contributed by atoms with Crippen LogP contribution in [0.2, 0.25) is 0 Å². The van der Waals surface area contributed by atoms with E-state index in [-0.39, 0.29) is 53.1 Å². The molecule has 1 aliphatic rings. The Labute approximate surface area is 219 Å². The molecule has 9 heteroatoms. The summed E-state index contributed by atoms with van der Waals surface area (Å²) in [5, 5.41) is 21.8. The lowest BCUT2D eigenvalue weighted by molar-refractivity contribution is -0.139. The summed E-state index contributed by atoms with van der Waals surface area (Å²) in [6, 6.07) is 14.2. The highest BCUT2D eigenvalue weighted by molar-refractivity contribution is 6.46. The summed E-state index contributed by atoms with van der Waals surface area (Å²) in [6.07, 6.45) is 0.332. The van der Waals surface area contributed by atoms with Gasteiger partial charge in [-0.1, -0.05) is 24.3 Å². The van der Waals surface area contributed by atoms with E-state index in [9.17, 15) is 24.2 Å². The molecule has 1 aliphatic heterocycles. The second-order valence-corrected chi connectivity index (χ2v) is 8.57. The number of phenols is 1. The number of aliphatic hydroxyl groups excluding tert-OH is 1. The fourth-order valence-electron chi connectivity index (χ4n) is 4.55. The van der Waals surface area contributed by atoms with Crippen molar-refractivity contribution in [3.8, 4) is 23.0 Å². The van der Waals surface area contributed by atoms with Crippen LogP contribution in [-0.2, 0) is 16.0 Å². The maximum atomic E-state index is 13.4. The zero-order valence-corrected chi connectivity index (χ0v) is 21.2. The lowest BCUT2D eigenvalue weighted by Crippen LogP contribution is -2.31. The first-order chi connectivity index (χ1) is 18.3. The van der Waals surface area contributed by atoms with Crippen LogP contribution in [0, 0.1) is 5.82 Å². The lowest BCUT2D eigenvalue weighted by atomic mass is 9.94. The van der Waals surface area contributed by atoms with Gasteiger partial charge in [0, 0.05) is 6.54 Å². The van der Waals surface area contributed by atoms with Gasteiger partial charge < -0.3 is 29.3 Å². The van der Waals surface area contributed by atoms with Crippen LogP contribution < -0.4 is 14.2 Å². The molecule has 1 atom stereocenters. The van der Waals surface area contributed by atoms with Crippen LogP contribution >= 0.6 is 0 Å². The predicted octanol–water partition coefficient (Wildman–Crippen LogP) is 4.61. The molecule has 198 valence electrons. The molecular weight excluding hydrogens is 493 g/mol. The van der Waals surface area contributed by atoms with Crippen LogP contribution in [0.3, 0.4) is 0 Å². The SMILES string of the molecule is CCOc1cc(C2/C(=C(\O)c3c(OC)cccc3OC)C(=O)C(=O)N2CCc2ccc(F)cc2)ccc1O. The first-order valence-corrected chi connectivity index (χ1v) is 12.0. The van der Waals surface area contributed by atoms with Crippen molar-refractivity contribution in [2.45, 2.75) is 19.4 Å². The summed E-state index contributed by atoms with van der Waals surface area (Å²) in [5.41, 5.74) is 1.17. The maximum absolute atomic E-state index is 13.4. The molecule has 2 N–H and O–H groups in total. The highest BCUT2D eigenvalue weighted by atomic mass is 19.1. The third-order valence-corrected chi connectivity index (χ3v) is 6.36. The van der Waals surface area contributed by atoms with E-state index >= 15 is 0 Å². The number of phenolic OH excluding ortho intramolecular Hbond substituents is 1. The number of halogens is 1.